The summed E-state index contributed by atoms with van der Waals surface area (Å²) < 4.78 is 5.13. The first-order valence-corrected chi connectivity index (χ1v) is 7.65. The van der Waals surface area contributed by atoms with Crippen LogP contribution in [0.4, 0.5) is 0 Å². The number of rotatable bonds is 4. The number of hydrogen-bond donors (Lipinski definition) is 0. The van der Waals surface area contributed by atoms with Crippen molar-refractivity contribution in [2.75, 3.05) is 19.7 Å². The molecule has 1 aromatic rings. The van der Waals surface area contributed by atoms with E-state index in [1.54, 1.807) is 0 Å². The summed E-state index contributed by atoms with van der Waals surface area (Å²) >= 11 is 0. The molecule has 4 nitrogen and oxygen atoms in total. The Labute approximate surface area is 126 Å². The monoisotopic (exact) mass is 289 g/mol. The Morgan fingerprint density at radius 3 is 2.43 bits per heavy atom. The lowest BCUT2D eigenvalue weighted by atomic mass is 10.1. The van der Waals surface area contributed by atoms with Gasteiger partial charge in [0.05, 0.1) is 6.42 Å². The number of nitrogens with zero attached hydrogens (tertiary/aromatic N) is 1. The Hall–Kier alpha value is -1.84. The van der Waals surface area contributed by atoms with Crippen molar-refractivity contribution in [1.29, 1.82) is 0 Å². The van der Waals surface area contributed by atoms with Crippen LogP contribution in [0.5, 0.6) is 0 Å². The second-order valence-electron chi connectivity index (χ2n) is 5.56. The number of carbonyl (C=O) groups excluding carboxylic acids is 2. The van der Waals surface area contributed by atoms with E-state index in [-0.39, 0.29) is 24.9 Å². The van der Waals surface area contributed by atoms with Gasteiger partial charge in [0.15, 0.2) is 6.61 Å². The highest BCUT2D eigenvalue weighted by molar-refractivity contribution is 5.81. The average molecular weight is 289 g/mol. The third kappa shape index (κ3) is 4.88. The van der Waals surface area contributed by atoms with Crippen LogP contribution < -0.4 is 0 Å². The van der Waals surface area contributed by atoms with E-state index in [4.69, 9.17) is 4.74 Å². The van der Waals surface area contributed by atoms with E-state index in [2.05, 4.69) is 0 Å². The molecule has 0 N–H and O–H groups in total. The number of ether oxygens (including phenoxy) is 1. The summed E-state index contributed by atoms with van der Waals surface area (Å²) in [5, 5.41) is 0. The topological polar surface area (TPSA) is 46.6 Å². The van der Waals surface area contributed by atoms with Gasteiger partial charge < -0.3 is 9.64 Å². The summed E-state index contributed by atoms with van der Waals surface area (Å²) in [6.07, 6.45) is 4.67. The number of aryl methyl sites for hydroxylation is 1. The molecule has 1 aliphatic heterocycles. The van der Waals surface area contributed by atoms with Gasteiger partial charge in [0.25, 0.3) is 5.91 Å². The zero-order chi connectivity index (χ0) is 15.1. The Morgan fingerprint density at radius 2 is 1.76 bits per heavy atom. The Balaban J connectivity index is 1.78. The fraction of sp³-hybridized carbons (Fsp3) is 0.529. The molecule has 0 spiro atoms. The summed E-state index contributed by atoms with van der Waals surface area (Å²) in [5.74, 6) is -0.414. The lowest BCUT2D eigenvalue weighted by molar-refractivity contribution is -0.151. The van der Waals surface area contributed by atoms with Gasteiger partial charge in [-0.3, -0.25) is 9.59 Å². The van der Waals surface area contributed by atoms with Crippen LogP contribution in [-0.2, 0) is 20.7 Å². The van der Waals surface area contributed by atoms with Crippen molar-refractivity contribution < 1.29 is 14.3 Å². The number of carbonyl (C=O) groups is 2. The Bertz CT molecular complexity index is 491. The quantitative estimate of drug-likeness (QED) is 0.800. The summed E-state index contributed by atoms with van der Waals surface area (Å²) in [6, 6.07) is 7.71. The highest BCUT2D eigenvalue weighted by atomic mass is 16.5. The lowest BCUT2D eigenvalue weighted by Gasteiger charge is -2.20. The predicted octanol–water partition coefficient (Wildman–Crippen LogP) is 2.48. The maximum Gasteiger partial charge on any atom is 0.310 e. The highest BCUT2D eigenvalue weighted by Gasteiger charge is 2.17. The normalized spacial score (nSPS) is 15.4. The SMILES string of the molecule is Cc1ccccc1CC(=O)OCC(=O)N1CCCCCC1. The van der Waals surface area contributed by atoms with Crippen LogP contribution in [0.25, 0.3) is 0 Å². The molecule has 1 heterocycles. The maximum atomic E-state index is 12.0. The average Bonchev–Trinajstić information content (AvgIpc) is 2.76. The van der Waals surface area contributed by atoms with Crippen LogP contribution in [-0.4, -0.2) is 36.5 Å². The van der Waals surface area contributed by atoms with Gasteiger partial charge in [0.2, 0.25) is 0 Å². The number of likely N-dealkylation sites (tertiary alicyclic amines) is 1. The van der Waals surface area contributed by atoms with E-state index in [1.807, 2.05) is 36.1 Å². The van der Waals surface area contributed by atoms with Gasteiger partial charge in [-0.15, -0.1) is 0 Å². The van der Waals surface area contributed by atoms with Crippen LogP contribution in [0.2, 0.25) is 0 Å². The largest absolute Gasteiger partial charge is 0.455 e. The van der Waals surface area contributed by atoms with Crippen LogP contribution in [0.15, 0.2) is 24.3 Å². The van der Waals surface area contributed by atoms with E-state index < -0.39 is 0 Å². The van der Waals surface area contributed by atoms with Crippen molar-refractivity contribution in [3.63, 3.8) is 0 Å². The Morgan fingerprint density at radius 1 is 1.10 bits per heavy atom. The van der Waals surface area contributed by atoms with E-state index in [0.29, 0.717) is 0 Å². The second kappa shape index (κ2) is 7.81. The number of esters is 1. The van der Waals surface area contributed by atoms with Gasteiger partial charge in [0, 0.05) is 13.1 Å². The second-order valence-corrected chi connectivity index (χ2v) is 5.56. The molecule has 1 aliphatic rings. The first-order chi connectivity index (χ1) is 10.2. The summed E-state index contributed by atoms with van der Waals surface area (Å²) in [6.45, 7) is 3.40. The molecule has 0 unspecified atom stereocenters. The predicted molar refractivity (Wildman–Crippen MR) is 80.9 cm³/mol. The Kier molecular flexibility index (Phi) is 5.78. The molecule has 1 aromatic carbocycles. The molecule has 0 bridgehead atoms. The van der Waals surface area contributed by atoms with E-state index >= 15 is 0 Å². The molecule has 1 fully saturated rings. The molecular weight excluding hydrogens is 266 g/mol. The fourth-order valence-corrected chi connectivity index (χ4v) is 2.57. The lowest BCUT2D eigenvalue weighted by Crippen LogP contribution is -2.35. The number of amides is 1. The minimum atomic E-state index is -0.340. The van der Waals surface area contributed by atoms with Crippen molar-refractivity contribution in [1.82, 2.24) is 4.90 Å². The molecule has 1 amide bonds. The maximum absolute atomic E-state index is 12.0. The van der Waals surface area contributed by atoms with Crippen LogP contribution in [0.3, 0.4) is 0 Å². The molecule has 0 aromatic heterocycles. The molecule has 114 valence electrons. The number of benzene rings is 1. The summed E-state index contributed by atoms with van der Waals surface area (Å²) in [7, 11) is 0. The molecule has 0 saturated carbocycles. The number of hydrogen-bond acceptors (Lipinski definition) is 3. The van der Waals surface area contributed by atoms with Crippen molar-refractivity contribution in [2.45, 2.75) is 39.0 Å². The van der Waals surface area contributed by atoms with Crippen LogP contribution in [0.1, 0.15) is 36.8 Å². The van der Waals surface area contributed by atoms with E-state index in [0.717, 1.165) is 37.1 Å². The summed E-state index contributed by atoms with van der Waals surface area (Å²) in [5.41, 5.74) is 2.01. The minimum Gasteiger partial charge on any atom is -0.455 e. The molecule has 4 heteroatoms. The van der Waals surface area contributed by atoms with Crippen molar-refractivity contribution in [2.24, 2.45) is 0 Å². The van der Waals surface area contributed by atoms with Crippen molar-refractivity contribution >= 4 is 11.9 Å². The van der Waals surface area contributed by atoms with Crippen LogP contribution in [0, 0.1) is 6.92 Å². The van der Waals surface area contributed by atoms with E-state index in [1.165, 1.54) is 12.8 Å². The molecule has 1 saturated heterocycles. The van der Waals surface area contributed by atoms with Gasteiger partial charge in [-0.25, -0.2) is 0 Å². The van der Waals surface area contributed by atoms with Gasteiger partial charge in [-0.05, 0) is 30.9 Å². The molecule has 0 aliphatic carbocycles. The molecule has 2 rings (SSSR count). The van der Waals surface area contributed by atoms with E-state index in [9.17, 15) is 9.59 Å². The zero-order valence-electron chi connectivity index (χ0n) is 12.6. The highest BCUT2D eigenvalue weighted by Crippen LogP contribution is 2.11. The van der Waals surface area contributed by atoms with Gasteiger partial charge in [-0.1, -0.05) is 37.1 Å². The molecule has 21 heavy (non-hydrogen) atoms. The standard InChI is InChI=1S/C17H23NO3/c1-14-8-4-5-9-15(14)12-17(20)21-13-16(19)18-10-6-2-3-7-11-18/h4-5,8-9H,2-3,6-7,10-13H2,1H3. The fourth-order valence-electron chi connectivity index (χ4n) is 2.57. The van der Waals surface area contributed by atoms with Gasteiger partial charge >= 0.3 is 5.97 Å². The minimum absolute atomic E-state index is 0.0740. The van der Waals surface area contributed by atoms with Gasteiger partial charge in [0.1, 0.15) is 0 Å². The summed E-state index contributed by atoms with van der Waals surface area (Å²) in [4.78, 5) is 25.7. The third-order valence-corrected chi connectivity index (χ3v) is 3.91. The van der Waals surface area contributed by atoms with Gasteiger partial charge in [-0.2, -0.15) is 0 Å². The zero-order valence-corrected chi connectivity index (χ0v) is 12.6. The molecule has 0 atom stereocenters. The molecular formula is C17H23NO3. The van der Waals surface area contributed by atoms with Crippen LogP contribution >= 0.6 is 0 Å². The van der Waals surface area contributed by atoms with Crippen molar-refractivity contribution in [3.05, 3.63) is 35.4 Å². The smallest absolute Gasteiger partial charge is 0.310 e. The molecule has 0 radical (unpaired) electrons. The van der Waals surface area contributed by atoms with Crippen molar-refractivity contribution in [3.8, 4) is 0 Å². The first-order valence-electron chi connectivity index (χ1n) is 7.65. The third-order valence-electron chi connectivity index (χ3n) is 3.91. The first kappa shape index (κ1) is 15.5.